The second kappa shape index (κ2) is 288. The minimum atomic E-state index is 4.25. The molecule has 25 valence electrons. The Labute approximate surface area is 22.8 Å². The van der Waals surface area contributed by atoms with Crippen molar-refractivity contribution in [3.63, 3.8) is 0 Å². The molecule has 0 aliphatic heterocycles. The Morgan fingerprint density at radius 3 is 1.25 bits per heavy atom. The van der Waals surface area contributed by atoms with Crippen LogP contribution in [-0.2, 0) is 0 Å². The van der Waals surface area contributed by atoms with Gasteiger partial charge in [0.2, 0.25) is 7.18 Å². The van der Waals surface area contributed by atoms with Crippen LogP contribution in [0.4, 0.5) is 8.92 Å². The molecular weight excluding hydrogens is 66.0 g/mol. The third-order valence-electron chi connectivity index (χ3n) is 0. The molecule has 4 heavy (non-hydrogen) atoms. The van der Waals surface area contributed by atoms with Crippen LogP contribution in [0.5, 0.6) is 0 Å². The van der Waals surface area contributed by atoms with E-state index in [1.807, 2.05) is 0 Å². The van der Waals surface area contributed by atoms with E-state index >= 15 is 0 Å². The van der Waals surface area contributed by atoms with Crippen LogP contribution in [0.1, 0.15) is 0 Å². The summed E-state index contributed by atoms with van der Waals surface area (Å²) in [7, 11) is 4.25. The van der Waals surface area contributed by atoms with Crippen LogP contribution in [0.3, 0.4) is 0 Å². The van der Waals surface area contributed by atoms with Gasteiger partial charge in [-0.05, 0) is 0 Å². The van der Waals surface area contributed by atoms with Crippen molar-refractivity contribution in [2.75, 3.05) is 0 Å². The van der Waals surface area contributed by atoms with Crippen LogP contribution < -0.4 is 0 Å². The van der Waals surface area contributed by atoms with Crippen molar-refractivity contribution < 1.29 is 14.2 Å². The summed E-state index contributed by atoms with van der Waals surface area (Å²) in [6.45, 7) is 0. The molecule has 0 atom stereocenters. The molecule has 3 radical (unpaired) electrons. The monoisotopic (exact) mass is 67.0 g/mol. The Bertz CT molecular complexity index is 6.00. The van der Waals surface area contributed by atoms with Crippen molar-refractivity contribution in [2.45, 2.75) is 0 Å². The molecule has 1 N–H and O–H groups in total. The molecule has 0 saturated carbocycles. The van der Waals surface area contributed by atoms with Gasteiger partial charge in [-0.1, -0.05) is 4.53 Å². The van der Waals surface area contributed by atoms with Gasteiger partial charge < -0.3 is 0 Å². The van der Waals surface area contributed by atoms with Gasteiger partial charge in [-0.2, -0.15) is 0 Å². The molecule has 0 spiro atoms. The molecule has 0 aliphatic carbocycles. The third kappa shape index (κ3) is 37.8. The lowest BCUT2D eigenvalue weighted by atomic mass is 11.9. The topological polar surface area (TPSA) is 20.2 Å². The van der Waals surface area contributed by atoms with Crippen LogP contribution in [0.15, 0.2) is 0 Å². The van der Waals surface area contributed by atoms with E-state index in [1.54, 1.807) is 0 Å². The summed E-state index contributed by atoms with van der Waals surface area (Å²) in [6, 6.07) is 0. The summed E-state index contributed by atoms with van der Waals surface area (Å²) < 4.78 is 17.2. The standard InChI is InChI=1S/CF.FHO/c2*1-2/h;2H. The molecule has 0 saturated heterocycles. The lowest BCUT2D eigenvalue weighted by molar-refractivity contribution is -0.0441. The van der Waals surface area contributed by atoms with E-state index in [9.17, 15) is 0 Å². The fourth-order valence-corrected chi connectivity index (χ4v) is 0. The van der Waals surface area contributed by atoms with Crippen LogP contribution in [0, 0.1) is 7.18 Å². The summed E-state index contributed by atoms with van der Waals surface area (Å²) in [4.78, 5) is 0. The fraction of sp³-hybridized carbons (Fsp3) is 0. The normalized spacial score (nSPS) is 3.00. The average molecular weight is 67.0 g/mol. The maximum Gasteiger partial charge on any atom is 0.232 e. The molecule has 0 aromatic rings. The van der Waals surface area contributed by atoms with E-state index in [0.717, 1.165) is 0 Å². The van der Waals surface area contributed by atoms with Crippen LogP contribution >= 0.6 is 0 Å². The minimum Gasteiger partial charge on any atom is -0.232 e. The predicted octanol–water partition coefficient (Wildman–Crippen LogP) is 0.365. The SMILES string of the molecule is OF.[C]F. The zero-order valence-corrected chi connectivity index (χ0v) is 1.70. The number of rotatable bonds is 0. The van der Waals surface area contributed by atoms with Gasteiger partial charge in [0.15, 0.2) is 0 Å². The van der Waals surface area contributed by atoms with Gasteiger partial charge >= 0.3 is 0 Å². The van der Waals surface area contributed by atoms with Crippen molar-refractivity contribution in [1.29, 1.82) is 0 Å². The Morgan fingerprint density at radius 1 is 1.25 bits per heavy atom. The molecule has 0 unspecified atom stereocenters. The first-order chi connectivity index (χ1) is 2.00. The highest BCUT2D eigenvalue weighted by Crippen LogP contribution is 1.27. The molecule has 1 nitrogen and oxygen atoms in total. The van der Waals surface area contributed by atoms with Crippen LogP contribution in [0.2, 0.25) is 0 Å². The van der Waals surface area contributed by atoms with Gasteiger partial charge in [-0.15, -0.1) is 0 Å². The Morgan fingerprint density at radius 2 is 1.25 bits per heavy atom. The Balaban J connectivity index is 0. The Hall–Kier alpha value is -0.180. The molecule has 0 heterocycles. The maximum absolute atomic E-state index is 8.75. The minimum absolute atomic E-state index is 4.25. The largest absolute Gasteiger partial charge is 0.232 e. The summed E-state index contributed by atoms with van der Waals surface area (Å²) >= 11 is 0. The van der Waals surface area contributed by atoms with Gasteiger partial charge in [0, 0.05) is 0 Å². The first kappa shape index (κ1) is 9.17. The molecule has 0 aliphatic rings. The van der Waals surface area contributed by atoms with Crippen molar-refractivity contribution in [1.82, 2.24) is 0 Å². The molecule has 0 amide bonds. The quantitative estimate of drug-likeness (QED) is 0.433. The van der Waals surface area contributed by atoms with Crippen molar-refractivity contribution in [2.24, 2.45) is 0 Å². The van der Waals surface area contributed by atoms with E-state index in [1.165, 1.54) is 0 Å². The van der Waals surface area contributed by atoms with Gasteiger partial charge in [0.05, 0.1) is 0 Å². The number of halogens is 2. The molecule has 0 rings (SSSR count). The zero-order chi connectivity index (χ0) is 4.00. The summed E-state index contributed by atoms with van der Waals surface area (Å²) in [6.07, 6.45) is 0. The highest BCUT2D eigenvalue weighted by atomic mass is 19.3. The van der Waals surface area contributed by atoms with Crippen LogP contribution in [0.25, 0.3) is 0 Å². The van der Waals surface area contributed by atoms with Gasteiger partial charge in [-0.25, -0.2) is 9.70 Å². The molecule has 3 heteroatoms. The van der Waals surface area contributed by atoms with Gasteiger partial charge in [-0.3, -0.25) is 0 Å². The second-order valence-corrected chi connectivity index (χ2v) is 0. The number of hydrogen-bond acceptors (Lipinski definition) is 1. The van der Waals surface area contributed by atoms with Crippen LogP contribution in [-0.4, -0.2) is 5.31 Å². The highest BCUT2D eigenvalue weighted by Gasteiger charge is 1.03. The Kier molecular flexibility index (Phi) is 661. The van der Waals surface area contributed by atoms with Gasteiger partial charge in [0.25, 0.3) is 0 Å². The van der Waals surface area contributed by atoms with E-state index in [4.69, 9.17) is 14.2 Å². The third-order valence-corrected chi connectivity index (χ3v) is 0. The predicted molar refractivity (Wildman–Crippen MR) is 7.68 cm³/mol. The average Bonchev–Trinajstić information content (AvgIpc) is 1.50. The van der Waals surface area contributed by atoms with E-state index in [2.05, 4.69) is 7.18 Å². The first-order valence-electron chi connectivity index (χ1n) is 0.358. The van der Waals surface area contributed by atoms with E-state index in [-0.39, 0.29) is 0 Å². The molecule has 0 aromatic heterocycles. The fourth-order valence-electron chi connectivity index (χ4n) is 0. The van der Waals surface area contributed by atoms with Gasteiger partial charge in [0.1, 0.15) is 0 Å². The summed E-state index contributed by atoms with van der Waals surface area (Å²) in [5.74, 6) is 0. The zero-order valence-electron chi connectivity index (χ0n) is 1.70. The summed E-state index contributed by atoms with van der Waals surface area (Å²) in [5.41, 5.74) is 0. The lowest BCUT2D eigenvalue weighted by Crippen LogP contribution is -0.996. The van der Waals surface area contributed by atoms with Crippen molar-refractivity contribution >= 4 is 0 Å². The van der Waals surface area contributed by atoms with Crippen molar-refractivity contribution in [3.05, 3.63) is 7.18 Å². The van der Waals surface area contributed by atoms with E-state index in [0.29, 0.717) is 0 Å². The van der Waals surface area contributed by atoms with E-state index < -0.39 is 0 Å². The highest BCUT2D eigenvalue weighted by molar-refractivity contribution is 3.64. The number of hydrogen-bond donors (Lipinski definition) is 1. The maximum atomic E-state index is 8.75. The van der Waals surface area contributed by atoms with Crippen molar-refractivity contribution in [3.8, 4) is 0 Å². The first-order valence-corrected chi connectivity index (χ1v) is 0.358. The summed E-state index contributed by atoms with van der Waals surface area (Å²) in [5, 5.41) is 5.50. The molecule has 0 fully saturated rings. The lowest BCUT2D eigenvalue weighted by Gasteiger charge is -1.13. The molecular formula is CHF2O. The smallest absolute Gasteiger partial charge is 0.232 e. The molecule has 0 bridgehead atoms. The second-order valence-electron chi connectivity index (χ2n) is 0. The molecule has 0 aromatic carbocycles.